The molecule has 14 heteroatoms. The summed E-state index contributed by atoms with van der Waals surface area (Å²) in [6.45, 7) is 1.00. The van der Waals surface area contributed by atoms with Gasteiger partial charge in [-0.3, -0.25) is 14.4 Å². The number of nitrogens with one attached hydrogen (secondary N) is 2. The number of sulfonamides is 2. The summed E-state index contributed by atoms with van der Waals surface area (Å²) >= 11 is 0. The van der Waals surface area contributed by atoms with Crippen LogP contribution in [-0.2, 0) is 31.4 Å². The first-order chi connectivity index (χ1) is 19.9. The van der Waals surface area contributed by atoms with Gasteiger partial charge in [0.15, 0.2) is 5.78 Å². The van der Waals surface area contributed by atoms with Crippen molar-refractivity contribution in [2.24, 2.45) is 0 Å². The van der Waals surface area contributed by atoms with E-state index < -0.39 is 49.3 Å². The summed E-state index contributed by atoms with van der Waals surface area (Å²) < 4.78 is 70.0. The van der Waals surface area contributed by atoms with Crippen LogP contribution in [0.15, 0.2) is 59.6 Å². The largest absolute Gasteiger partial charge is 0.337 e. The Labute approximate surface area is 243 Å². The number of halogens is 1. The number of nitrogens with zero attached hydrogens (tertiary/aromatic N) is 2. The maximum absolute atomic E-state index is 14.4. The Morgan fingerprint density at radius 2 is 1.74 bits per heavy atom. The minimum atomic E-state index is -3.76. The van der Waals surface area contributed by atoms with Crippen LogP contribution in [0.1, 0.15) is 53.3 Å². The van der Waals surface area contributed by atoms with Gasteiger partial charge in [-0.05, 0) is 56.5 Å². The minimum Gasteiger partial charge on any atom is -0.337 e. The molecule has 1 aliphatic heterocycles. The highest BCUT2D eigenvalue weighted by molar-refractivity contribution is 7.91. The number of ketones is 1. The molecule has 2 fully saturated rings. The highest BCUT2D eigenvalue weighted by Crippen LogP contribution is 2.29. The van der Waals surface area contributed by atoms with E-state index in [0.717, 1.165) is 0 Å². The lowest BCUT2D eigenvalue weighted by Gasteiger charge is -2.25. The standard InChI is InChI=1S/C28H31FN4O7S2/c1-18(34)25-16-32(26-10-7-19(13-24(25)26)28(36)31-42(39,40)23-8-9-23)17-27(35)33-15-20(29)14-21(33)11-12-30-41(37,38)22-5-3-2-4-6-22/h2-7,10,13,16,20-21,23,30H,8-9,11-12,14-15,17H2,1H3,(H,31,36)/t20-,21-/m1/s1. The first-order valence-corrected chi connectivity index (χ1v) is 16.6. The molecule has 1 aromatic heterocycles. The quantitative estimate of drug-likeness (QED) is 0.313. The number of carbonyl (C=O) groups is 3. The van der Waals surface area contributed by atoms with E-state index in [1.54, 1.807) is 18.2 Å². The van der Waals surface area contributed by atoms with Crippen molar-refractivity contribution in [2.75, 3.05) is 13.1 Å². The molecule has 11 nitrogen and oxygen atoms in total. The van der Waals surface area contributed by atoms with Crippen molar-refractivity contribution in [1.82, 2.24) is 18.9 Å². The normalized spacial score (nSPS) is 19.2. The fraction of sp³-hybridized carbons (Fsp3) is 0.393. The van der Waals surface area contributed by atoms with Gasteiger partial charge in [0.05, 0.1) is 16.7 Å². The second-order valence-electron chi connectivity index (χ2n) is 10.7. The molecule has 2 heterocycles. The molecule has 2 atom stereocenters. The van der Waals surface area contributed by atoms with Crippen LogP contribution in [0, 0.1) is 0 Å². The van der Waals surface area contributed by atoms with Crippen molar-refractivity contribution in [1.29, 1.82) is 0 Å². The number of Topliss-reactive ketones (excluding diaryl/α,β-unsaturated/α-hetero) is 1. The van der Waals surface area contributed by atoms with Gasteiger partial charge in [-0.2, -0.15) is 0 Å². The van der Waals surface area contributed by atoms with Gasteiger partial charge >= 0.3 is 0 Å². The van der Waals surface area contributed by atoms with Crippen molar-refractivity contribution >= 4 is 48.5 Å². The maximum atomic E-state index is 14.4. The van der Waals surface area contributed by atoms with Gasteiger partial charge in [0.2, 0.25) is 26.0 Å². The molecule has 0 spiro atoms. The number of fused-ring (bicyclic) bond motifs is 1. The summed E-state index contributed by atoms with van der Waals surface area (Å²) in [6.07, 6.45) is 1.51. The summed E-state index contributed by atoms with van der Waals surface area (Å²) in [4.78, 5) is 39.9. The lowest BCUT2D eigenvalue weighted by atomic mass is 10.1. The van der Waals surface area contributed by atoms with Crippen molar-refractivity contribution in [3.63, 3.8) is 0 Å². The summed E-state index contributed by atoms with van der Waals surface area (Å²) in [5, 5.41) is -0.198. The third kappa shape index (κ3) is 6.40. The number of aromatic nitrogens is 1. The molecule has 0 bridgehead atoms. The number of amides is 2. The molecule has 3 aromatic rings. The summed E-state index contributed by atoms with van der Waals surface area (Å²) in [7, 11) is -7.51. The number of alkyl halides is 1. The molecule has 1 saturated heterocycles. The predicted octanol–water partition coefficient (Wildman–Crippen LogP) is 2.37. The van der Waals surface area contributed by atoms with Crippen LogP contribution in [0.2, 0.25) is 0 Å². The average Bonchev–Trinajstić information content (AvgIpc) is 3.66. The van der Waals surface area contributed by atoms with Gasteiger partial charge in [0.1, 0.15) is 12.7 Å². The summed E-state index contributed by atoms with van der Waals surface area (Å²) in [6, 6.07) is 11.7. The van der Waals surface area contributed by atoms with E-state index in [2.05, 4.69) is 9.44 Å². The number of hydrogen-bond acceptors (Lipinski definition) is 7. The van der Waals surface area contributed by atoms with Gasteiger partial charge in [-0.15, -0.1) is 0 Å². The van der Waals surface area contributed by atoms with Crippen LogP contribution in [0.4, 0.5) is 4.39 Å². The van der Waals surface area contributed by atoms with Crippen LogP contribution in [-0.4, -0.2) is 74.5 Å². The number of likely N-dealkylation sites (tertiary alicyclic amines) is 1. The smallest absolute Gasteiger partial charge is 0.264 e. The fourth-order valence-electron chi connectivity index (χ4n) is 5.22. The molecule has 5 rings (SSSR count). The van der Waals surface area contributed by atoms with Gasteiger partial charge in [-0.25, -0.2) is 30.7 Å². The second-order valence-corrected chi connectivity index (χ2v) is 14.4. The summed E-state index contributed by atoms with van der Waals surface area (Å²) in [5.74, 6) is -1.53. The number of hydrogen-bond donors (Lipinski definition) is 2. The maximum Gasteiger partial charge on any atom is 0.264 e. The van der Waals surface area contributed by atoms with Crippen LogP contribution >= 0.6 is 0 Å². The van der Waals surface area contributed by atoms with Crippen LogP contribution < -0.4 is 9.44 Å². The Bertz CT molecular complexity index is 1750. The Kier molecular flexibility index (Phi) is 8.23. The molecule has 2 N–H and O–H groups in total. The number of benzene rings is 2. The van der Waals surface area contributed by atoms with Gasteiger partial charge in [0, 0.05) is 47.2 Å². The highest BCUT2D eigenvalue weighted by Gasteiger charge is 2.37. The predicted molar refractivity (Wildman–Crippen MR) is 153 cm³/mol. The fourth-order valence-corrected chi connectivity index (χ4v) is 7.59. The van der Waals surface area contributed by atoms with Crippen LogP contribution in [0.3, 0.4) is 0 Å². The number of carbonyl (C=O) groups excluding carboxylic acids is 3. The first-order valence-electron chi connectivity index (χ1n) is 13.5. The van der Waals surface area contributed by atoms with E-state index in [0.29, 0.717) is 23.7 Å². The zero-order valence-electron chi connectivity index (χ0n) is 22.8. The lowest BCUT2D eigenvalue weighted by molar-refractivity contribution is -0.132. The minimum absolute atomic E-state index is 0.0145. The third-order valence-electron chi connectivity index (χ3n) is 7.53. The topological polar surface area (TPSA) is 152 Å². The van der Waals surface area contributed by atoms with Crippen LogP contribution in [0.25, 0.3) is 10.9 Å². The Morgan fingerprint density at radius 1 is 1.02 bits per heavy atom. The SMILES string of the molecule is CC(=O)c1cn(CC(=O)N2C[C@H](F)C[C@H]2CCNS(=O)(=O)c2ccccc2)c2ccc(C(=O)NS(=O)(=O)C3CC3)cc12. The van der Waals surface area contributed by atoms with Gasteiger partial charge in [-0.1, -0.05) is 18.2 Å². The molecular weight excluding hydrogens is 587 g/mol. The van der Waals surface area contributed by atoms with Crippen molar-refractivity contribution < 1.29 is 35.6 Å². The molecule has 1 saturated carbocycles. The third-order valence-corrected chi connectivity index (χ3v) is 10.8. The van der Waals surface area contributed by atoms with E-state index in [-0.39, 0.29) is 54.3 Å². The molecule has 0 unspecified atom stereocenters. The van der Waals surface area contributed by atoms with Gasteiger partial charge < -0.3 is 9.47 Å². The second kappa shape index (κ2) is 11.6. The van der Waals surface area contributed by atoms with Crippen LogP contribution in [0.5, 0.6) is 0 Å². The summed E-state index contributed by atoms with van der Waals surface area (Å²) in [5.41, 5.74) is 0.767. The van der Waals surface area contributed by atoms with Gasteiger partial charge in [0.25, 0.3) is 5.91 Å². The molecule has 0 radical (unpaired) electrons. The zero-order chi connectivity index (χ0) is 30.2. The molecule has 2 aromatic carbocycles. The van der Waals surface area contributed by atoms with Crippen molar-refractivity contribution in [3.05, 3.63) is 65.9 Å². The monoisotopic (exact) mass is 618 g/mol. The zero-order valence-corrected chi connectivity index (χ0v) is 24.5. The van der Waals surface area contributed by atoms with E-state index in [4.69, 9.17) is 0 Å². The van der Waals surface area contributed by atoms with E-state index in [1.165, 1.54) is 52.9 Å². The first kappa shape index (κ1) is 29.9. The molecule has 42 heavy (non-hydrogen) atoms. The Morgan fingerprint density at radius 3 is 2.40 bits per heavy atom. The number of rotatable bonds is 11. The lowest BCUT2D eigenvalue weighted by Crippen LogP contribution is -2.40. The molecule has 1 aliphatic carbocycles. The molecule has 2 amide bonds. The van der Waals surface area contributed by atoms with E-state index in [1.807, 2.05) is 0 Å². The molecular formula is C28H31FN4O7S2. The average molecular weight is 619 g/mol. The Balaban J connectivity index is 1.30. The molecule has 224 valence electrons. The van der Waals surface area contributed by atoms with E-state index >= 15 is 0 Å². The Hall–Kier alpha value is -3.62. The van der Waals surface area contributed by atoms with Crippen molar-refractivity contribution in [3.8, 4) is 0 Å². The highest BCUT2D eigenvalue weighted by atomic mass is 32.2. The molecule has 2 aliphatic rings. The van der Waals surface area contributed by atoms with Crippen molar-refractivity contribution in [2.45, 2.75) is 61.5 Å². The van der Waals surface area contributed by atoms with E-state index in [9.17, 15) is 35.6 Å².